The molecule has 0 fully saturated rings. The largest absolute Gasteiger partial charge is 0.382 e. The van der Waals surface area contributed by atoms with Gasteiger partial charge in [0.25, 0.3) is 0 Å². The molecule has 0 unspecified atom stereocenters. The van der Waals surface area contributed by atoms with Crippen LogP contribution in [0.2, 0.25) is 10.0 Å². The van der Waals surface area contributed by atoms with Gasteiger partial charge in [0.1, 0.15) is 0 Å². The highest BCUT2D eigenvalue weighted by Crippen LogP contribution is 2.42. The maximum atomic E-state index is 6.34. The Hall–Kier alpha value is -1.49. The Morgan fingerprint density at radius 2 is 2.10 bits per heavy atom. The van der Waals surface area contributed by atoms with Gasteiger partial charge >= 0.3 is 0 Å². The number of hydrogen-bond acceptors (Lipinski definition) is 3. The van der Waals surface area contributed by atoms with Crippen molar-refractivity contribution in [2.75, 3.05) is 5.73 Å². The van der Waals surface area contributed by atoms with E-state index in [9.17, 15) is 0 Å². The normalized spacial score (nSPS) is 10.9. The molecule has 20 heavy (non-hydrogen) atoms. The van der Waals surface area contributed by atoms with Crippen molar-refractivity contribution < 1.29 is 0 Å². The minimum absolute atomic E-state index is 0.435. The lowest BCUT2D eigenvalue weighted by atomic mass is 10.0. The molecule has 0 saturated carbocycles. The summed E-state index contributed by atoms with van der Waals surface area (Å²) in [6, 6.07) is 7.52. The van der Waals surface area contributed by atoms with E-state index in [1.54, 1.807) is 11.3 Å². The zero-order valence-corrected chi connectivity index (χ0v) is 12.9. The van der Waals surface area contributed by atoms with Crippen LogP contribution in [0.1, 0.15) is 5.56 Å². The zero-order chi connectivity index (χ0) is 14.3. The monoisotopic (exact) mass is 323 g/mol. The predicted molar refractivity (Wildman–Crippen MR) is 86.5 cm³/mol. The third-order valence-electron chi connectivity index (χ3n) is 3.03. The van der Waals surface area contributed by atoms with Gasteiger partial charge in [-0.05, 0) is 35.6 Å². The Morgan fingerprint density at radius 1 is 1.30 bits per heavy atom. The second kappa shape index (κ2) is 5.13. The fourth-order valence-corrected chi connectivity index (χ4v) is 3.54. The number of nitrogens with zero attached hydrogens (tertiary/aromatic N) is 1. The first-order valence-corrected chi connectivity index (χ1v) is 7.55. The summed E-state index contributed by atoms with van der Waals surface area (Å²) in [4.78, 5) is 0.934. The molecule has 0 radical (unpaired) electrons. The van der Waals surface area contributed by atoms with Gasteiger partial charge in [-0.15, -0.1) is 11.3 Å². The molecule has 0 saturated heterocycles. The second-order valence-corrected chi connectivity index (χ2v) is 6.13. The Balaban J connectivity index is 2.22. The van der Waals surface area contributed by atoms with Crippen molar-refractivity contribution in [1.82, 2.24) is 10.2 Å². The fourth-order valence-electron chi connectivity index (χ4n) is 2.06. The van der Waals surface area contributed by atoms with E-state index in [0.29, 0.717) is 10.8 Å². The molecule has 0 amide bonds. The SMILES string of the molecule is Cc1csc(-c2[nH]nc(N)c2-c2cccc(Cl)c2)c1Cl. The summed E-state index contributed by atoms with van der Waals surface area (Å²) in [5.74, 6) is 0.435. The van der Waals surface area contributed by atoms with Crippen molar-refractivity contribution in [1.29, 1.82) is 0 Å². The van der Waals surface area contributed by atoms with Gasteiger partial charge in [-0.2, -0.15) is 5.10 Å². The quantitative estimate of drug-likeness (QED) is 0.697. The molecule has 3 aromatic rings. The Morgan fingerprint density at radius 3 is 2.75 bits per heavy atom. The number of H-pyrrole nitrogens is 1. The first-order valence-electron chi connectivity index (χ1n) is 5.91. The van der Waals surface area contributed by atoms with Crippen molar-refractivity contribution in [3.63, 3.8) is 0 Å². The van der Waals surface area contributed by atoms with Crippen LogP contribution in [0.5, 0.6) is 0 Å². The summed E-state index contributed by atoms with van der Waals surface area (Å²) >= 11 is 14.0. The number of benzene rings is 1. The number of nitrogens with two attached hydrogens (primary N) is 1. The molecular weight excluding hydrogens is 313 g/mol. The summed E-state index contributed by atoms with van der Waals surface area (Å²) in [6.45, 7) is 1.97. The molecule has 0 atom stereocenters. The van der Waals surface area contributed by atoms with Crippen LogP contribution in [-0.4, -0.2) is 10.2 Å². The van der Waals surface area contributed by atoms with E-state index in [1.807, 2.05) is 36.6 Å². The first kappa shape index (κ1) is 13.5. The lowest BCUT2D eigenvalue weighted by Crippen LogP contribution is -1.88. The van der Waals surface area contributed by atoms with E-state index < -0.39 is 0 Å². The highest BCUT2D eigenvalue weighted by molar-refractivity contribution is 7.14. The van der Waals surface area contributed by atoms with Gasteiger partial charge in [-0.1, -0.05) is 35.3 Å². The van der Waals surface area contributed by atoms with Crippen molar-refractivity contribution in [2.45, 2.75) is 6.92 Å². The molecule has 6 heteroatoms. The molecule has 0 aliphatic heterocycles. The summed E-state index contributed by atoms with van der Waals surface area (Å²) in [5.41, 5.74) is 9.61. The van der Waals surface area contributed by atoms with E-state index in [2.05, 4.69) is 10.2 Å². The number of nitrogen functional groups attached to an aromatic ring is 1. The Bertz CT molecular complexity index is 777. The summed E-state index contributed by atoms with van der Waals surface area (Å²) < 4.78 is 0. The minimum atomic E-state index is 0.435. The summed E-state index contributed by atoms with van der Waals surface area (Å²) in [5, 5.41) is 10.5. The average molecular weight is 324 g/mol. The molecule has 3 nitrogen and oxygen atoms in total. The van der Waals surface area contributed by atoms with Crippen LogP contribution in [0.25, 0.3) is 21.7 Å². The van der Waals surface area contributed by atoms with Crippen LogP contribution in [0, 0.1) is 6.92 Å². The van der Waals surface area contributed by atoms with Crippen LogP contribution < -0.4 is 5.73 Å². The molecule has 2 heterocycles. The molecule has 1 aromatic carbocycles. The van der Waals surface area contributed by atoms with E-state index in [4.69, 9.17) is 28.9 Å². The molecule has 3 rings (SSSR count). The van der Waals surface area contributed by atoms with Gasteiger partial charge in [0, 0.05) is 5.02 Å². The first-order chi connectivity index (χ1) is 9.58. The number of aromatic nitrogens is 2. The van der Waals surface area contributed by atoms with Gasteiger partial charge in [-0.25, -0.2) is 0 Å². The molecule has 102 valence electrons. The molecule has 2 aromatic heterocycles. The number of thiophene rings is 1. The van der Waals surface area contributed by atoms with Crippen LogP contribution in [-0.2, 0) is 0 Å². The van der Waals surface area contributed by atoms with Gasteiger partial charge in [-0.3, -0.25) is 5.10 Å². The number of nitrogens with one attached hydrogen (secondary N) is 1. The molecule has 0 aliphatic carbocycles. The number of rotatable bonds is 2. The number of hydrogen-bond donors (Lipinski definition) is 2. The van der Waals surface area contributed by atoms with E-state index in [1.165, 1.54) is 0 Å². The molecule has 3 N–H and O–H groups in total. The average Bonchev–Trinajstić information content (AvgIpc) is 2.94. The Kier molecular flexibility index (Phi) is 3.46. The number of aromatic amines is 1. The summed E-state index contributed by atoms with van der Waals surface area (Å²) in [6.07, 6.45) is 0. The smallest absolute Gasteiger partial charge is 0.153 e. The number of anilines is 1. The standard InChI is InChI=1S/C14H11Cl2N3S/c1-7-6-20-13(11(7)16)12-10(14(17)19-18-12)8-3-2-4-9(15)5-8/h2-6H,1H3,(H3,17,18,19). The lowest BCUT2D eigenvalue weighted by molar-refractivity contribution is 1.11. The van der Waals surface area contributed by atoms with Gasteiger partial charge < -0.3 is 5.73 Å². The van der Waals surface area contributed by atoms with E-state index in [0.717, 1.165) is 32.3 Å². The third-order valence-corrected chi connectivity index (χ3v) is 4.98. The second-order valence-electron chi connectivity index (χ2n) is 4.43. The minimum Gasteiger partial charge on any atom is -0.382 e. The van der Waals surface area contributed by atoms with Crippen molar-refractivity contribution in [3.8, 4) is 21.7 Å². The topological polar surface area (TPSA) is 54.7 Å². The van der Waals surface area contributed by atoms with Crippen molar-refractivity contribution in [3.05, 3.63) is 45.3 Å². The molecular formula is C14H11Cl2N3S. The molecule has 0 spiro atoms. The predicted octanol–water partition coefficient (Wildman–Crippen LogP) is 5.00. The molecule has 0 bridgehead atoms. The maximum Gasteiger partial charge on any atom is 0.153 e. The van der Waals surface area contributed by atoms with Gasteiger partial charge in [0.15, 0.2) is 5.82 Å². The highest BCUT2D eigenvalue weighted by atomic mass is 35.5. The van der Waals surface area contributed by atoms with E-state index in [-0.39, 0.29) is 0 Å². The van der Waals surface area contributed by atoms with Crippen LogP contribution >= 0.6 is 34.5 Å². The number of halogens is 2. The van der Waals surface area contributed by atoms with Gasteiger partial charge in [0.2, 0.25) is 0 Å². The van der Waals surface area contributed by atoms with Crippen LogP contribution in [0.4, 0.5) is 5.82 Å². The van der Waals surface area contributed by atoms with Gasteiger partial charge in [0.05, 0.1) is 21.2 Å². The maximum absolute atomic E-state index is 6.34. The van der Waals surface area contributed by atoms with Crippen molar-refractivity contribution >= 4 is 40.4 Å². The molecule has 0 aliphatic rings. The summed E-state index contributed by atoms with van der Waals surface area (Å²) in [7, 11) is 0. The lowest BCUT2D eigenvalue weighted by Gasteiger charge is -2.04. The third kappa shape index (κ3) is 2.20. The number of aryl methyl sites for hydroxylation is 1. The van der Waals surface area contributed by atoms with Crippen LogP contribution in [0.3, 0.4) is 0 Å². The van der Waals surface area contributed by atoms with Crippen molar-refractivity contribution in [2.24, 2.45) is 0 Å². The highest BCUT2D eigenvalue weighted by Gasteiger charge is 2.19. The Labute approximate surface area is 130 Å². The van der Waals surface area contributed by atoms with Crippen LogP contribution in [0.15, 0.2) is 29.6 Å². The fraction of sp³-hybridized carbons (Fsp3) is 0.0714. The zero-order valence-electron chi connectivity index (χ0n) is 10.6. The van der Waals surface area contributed by atoms with E-state index >= 15 is 0 Å².